The molecule has 3 nitrogen and oxygen atoms in total. The molecule has 0 saturated carbocycles. The monoisotopic (exact) mass is 276 g/mol. The van der Waals surface area contributed by atoms with E-state index in [9.17, 15) is 4.79 Å². The Kier molecular flexibility index (Phi) is 2.31. The lowest BCUT2D eigenvalue weighted by atomic mass is 10.1. The highest BCUT2D eigenvalue weighted by molar-refractivity contribution is 6.02. The van der Waals surface area contributed by atoms with Crippen LogP contribution in [0.15, 0.2) is 47.3 Å². The van der Waals surface area contributed by atoms with Crippen LogP contribution in [0.25, 0.3) is 27.3 Å². The minimum Gasteiger partial charge on any atom is -0.296 e. The number of para-hydroxylation sites is 1. The van der Waals surface area contributed by atoms with Crippen molar-refractivity contribution < 1.29 is 0 Å². The minimum atomic E-state index is 0.00343. The van der Waals surface area contributed by atoms with Crippen molar-refractivity contribution in [3.05, 3.63) is 64.1 Å². The Labute approximate surface area is 122 Å². The van der Waals surface area contributed by atoms with Gasteiger partial charge in [0.2, 0.25) is 0 Å². The van der Waals surface area contributed by atoms with Crippen LogP contribution in [0.4, 0.5) is 0 Å². The second-order valence-electron chi connectivity index (χ2n) is 5.74. The van der Waals surface area contributed by atoms with E-state index in [1.807, 2.05) is 29.6 Å². The molecular formula is C18H16N2O. The minimum absolute atomic E-state index is 0.00343. The molecule has 0 atom stereocenters. The van der Waals surface area contributed by atoms with E-state index in [1.54, 1.807) is 4.57 Å². The van der Waals surface area contributed by atoms with Crippen molar-refractivity contribution in [3.8, 4) is 0 Å². The van der Waals surface area contributed by atoms with Crippen LogP contribution in [0.1, 0.15) is 11.1 Å². The summed E-state index contributed by atoms with van der Waals surface area (Å²) in [5.74, 6) is 0. The van der Waals surface area contributed by atoms with Gasteiger partial charge < -0.3 is 0 Å². The molecule has 21 heavy (non-hydrogen) atoms. The van der Waals surface area contributed by atoms with Crippen LogP contribution in [0, 0.1) is 13.8 Å². The zero-order valence-electron chi connectivity index (χ0n) is 12.3. The average Bonchev–Trinajstić information content (AvgIpc) is 2.83. The number of fused-ring (bicyclic) bond motifs is 5. The molecule has 0 spiro atoms. The summed E-state index contributed by atoms with van der Waals surface area (Å²) in [7, 11) is 1.84. The van der Waals surface area contributed by atoms with E-state index >= 15 is 0 Å². The van der Waals surface area contributed by atoms with Crippen LogP contribution in [-0.4, -0.2) is 8.97 Å². The quantitative estimate of drug-likeness (QED) is 0.482. The molecule has 0 unspecified atom stereocenters. The highest BCUT2D eigenvalue weighted by Gasteiger charge is 2.13. The summed E-state index contributed by atoms with van der Waals surface area (Å²) < 4.78 is 3.56. The zero-order valence-corrected chi connectivity index (χ0v) is 12.3. The predicted octanol–water partition coefficient (Wildman–Crippen LogP) is 3.56. The normalized spacial score (nSPS) is 11.8. The van der Waals surface area contributed by atoms with Gasteiger partial charge in [0.05, 0.1) is 16.6 Å². The third-order valence-corrected chi connectivity index (χ3v) is 4.27. The molecule has 0 aliphatic rings. The molecule has 0 bridgehead atoms. The standard InChI is InChI=1S/C18H16N2O/c1-11-8-12(2)17-15(9-11)19(3)18(21)20-14-7-5-4-6-13(14)10-16(17)20/h4-10H,1-3H3. The second kappa shape index (κ2) is 3.98. The molecule has 0 aliphatic heterocycles. The van der Waals surface area contributed by atoms with Gasteiger partial charge in [-0.15, -0.1) is 0 Å². The van der Waals surface area contributed by atoms with Crippen molar-refractivity contribution in [2.75, 3.05) is 0 Å². The maximum atomic E-state index is 12.8. The van der Waals surface area contributed by atoms with E-state index in [0.717, 1.165) is 27.3 Å². The topological polar surface area (TPSA) is 26.4 Å². The van der Waals surface area contributed by atoms with Crippen LogP contribution >= 0.6 is 0 Å². The summed E-state index contributed by atoms with van der Waals surface area (Å²) in [5.41, 5.74) is 5.34. The van der Waals surface area contributed by atoms with Crippen LogP contribution in [-0.2, 0) is 7.05 Å². The SMILES string of the molecule is Cc1cc(C)c2c(c1)n(C)c(=O)n1c3ccccc3cc21. The van der Waals surface area contributed by atoms with Gasteiger partial charge in [-0.1, -0.05) is 24.3 Å². The van der Waals surface area contributed by atoms with Gasteiger partial charge in [0.25, 0.3) is 0 Å². The maximum Gasteiger partial charge on any atom is 0.333 e. The number of aryl methyl sites for hydroxylation is 3. The maximum absolute atomic E-state index is 12.8. The number of nitrogens with zero attached hydrogens (tertiary/aromatic N) is 2. The molecule has 4 rings (SSSR count). The lowest BCUT2D eigenvalue weighted by Gasteiger charge is -2.11. The Bertz CT molecular complexity index is 1080. The molecular weight excluding hydrogens is 260 g/mol. The van der Waals surface area contributed by atoms with Crippen LogP contribution < -0.4 is 5.69 Å². The first kappa shape index (κ1) is 12.2. The molecule has 0 radical (unpaired) electrons. The van der Waals surface area contributed by atoms with Gasteiger partial charge in [-0.3, -0.25) is 8.97 Å². The van der Waals surface area contributed by atoms with Crippen molar-refractivity contribution in [2.45, 2.75) is 13.8 Å². The smallest absolute Gasteiger partial charge is 0.296 e. The number of rotatable bonds is 0. The van der Waals surface area contributed by atoms with Gasteiger partial charge in [-0.05, 0) is 43.2 Å². The number of hydrogen-bond acceptors (Lipinski definition) is 1. The summed E-state index contributed by atoms with van der Waals surface area (Å²) in [5, 5.41) is 2.25. The molecule has 2 heterocycles. The van der Waals surface area contributed by atoms with Gasteiger partial charge in [0.1, 0.15) is 0 Å². The molecule has 2 aromatic heterocycles. The van der Waals surface area contributed by atoms with Gasteiger partial charge in [-0.2, -0.15) is 0 Å². The lowest BCUT2D eigenvalue weighted by Crippen LogP contribution is -2.24. The van der Waals surface area contributed by atoms with Crippen molar-refractivity contribution in [3.63, 3.8) is 0 Å². The van der Waals surface area contributed by atoms with Crippen LogP contribution in [0.3, 0.4) is 0 Å². The average molecular weight is 276 g/mol. The third kappa shape index (κ3) is 1.51. The highest BCUT2D eigenvalue weighted by atomic mass is 16.1. The first-order chi connectivity index (χ1) is 10.1. The fraction of sp³-hybridized carbons (Fsp3) is 0.167. The van der Waals surface area contributed by atoms with E-state index in [-0.39, 0.29) is 5.69 Å². The summed E-state index contributed by atoms with van der Waals surface area (Å²) in [4.78, 5) is 12.8. The molecule has 0 saturated heterocycles. The van der Waals surface area contributed by atoms with Crippen molar-refractivity contribution in [1.82, 2.24) is 8.97 Å². The largest absolute Gasteiger partial charge is 0.333 e. The van der Waals surface area contributed by atoms with Crippen molar-refractivity contribution in [2.24, 2.45) is 7.05 Å². The van der Waals surface area contributed by atoms with E-state index in [0.29, 0.717) is 0 Å². The summed E-state index contributed by atoms with van der Waals surface area (Å²) >= 11 is 0. The van der Waals surface area contributed by atoms with Crippen LogP contribution in [0.5, 0.6) is 0 Å². The molecule has 0 N–H and O–H groups in total. The fourth-order valence-corrected chi connectivity index (χ4v) is 3.34. The molecule has 0 fully saturated rings. The molecule has 104 valence electrons. The van der Waals surface area contributed by atoms with Crippen molar-refractivity contribution in [1.29, 1.82) is 0 Å². The van der Waals surface area contributed by atoms with E-state index in [1.165, 1.54) is 11.1 Å². The van der Waals surface area contributed by atoms with Gasteiger partial charge in [-0.25, -0.2) is 4.79 Å². The first-order valence-corrected chi connectivity index (χ1v) is 7.08. The molecule has 2 aromatic carbocycles. The Balaban J connectivity index is 2.44. The lowest BCUT2D eigenvalue weighted by molar-refractivity contribution is 0.837. The second-order valence-corrected chi connectivity index (χ2v) is 5.74. The molecule has 0 aliphatic carbocycles. The highest BCUT2D eigenvalue weighted by Crippen LogP contribution is 2.28. The summed E-state index contributed by atoms with van der Waals surface area (Å²) in [6, 6.07) is 14.4. The van der Waals surface area contributed by atoms with Gasteiger partial charge in [0, 0.05) is 17.8 Å². The van der Waals surface area contributed by atoms with E-state index in [4.69, 9.17) is 0 Å². The predicted molar refractivity (Wildman–Crippen MR) is 87.1 cm³/mol. The summed E-state index contributed by atoms with van der Waals surface area (Å²) in [6.07, 6.45) is 0. The number of hydrogen-bond donors (Lipinski definition) is 0. The van der Waals surface area contributed by atoms with Crippen molar-refractivity contribution >= 4 is 27.3 Å². The fourth-order valence-electron chi connectivity index (χ4n) is 3.34. The third-order valence-electron chi connectivity index (χ3n) is 4.27. The van der Waals surface area contributed by atoms with Gasteiger partial charge >= 0.3 is 5.69 Å². The summed E-state index contributed by atoms with van der Waals surface area (Å²) in [6.45, 7) is 4.17. The molecule has 0 amide bonds. The zero-order chi connectivity index (χ0) is 14.7. The Morgan fingerprint density at radius 1 is 0.905 bits per heavy atom. The Morgan fingerprint density at radius 3 is 2.48 bits per heavy atom. The number of aromatic nitrogens is 2. The number of benzene rings is 2. The first-order valence-electron chi connectivity index (χ1n) is 7.08. The van der Waals surface area contributed by atoms with Crippen LogP contribution in [0.2, 0.25) is 0 Å². The Morgan fingerprint density at radius 2 is 1.67 bits per heavy atom. The Hall–Kier alpha value is -2.55. The van der Waals surface area contributed by atoms with E-state index in [2.05, 4.69) is 38.1 Å². The molecule has 4 aromatic rings. The molecule has 3 heteroatoms. The van der Waals surface area contributed by atoms with E-state index < -0.39 is 0 Å². The van der Waals surface area contributed by atoms with Gasteiger partial charge in [0.15, 0.2) is 0 Å².